The van der Waals surface area contributed by atoms with Gasteiger partial charge in [0.05, 0.1) is 6.10 Å². The van der Waals surface area contributed by atoms with Gasteiger partial charge in [0.15, 0.2) is 0 Å². The second-order valence-electron chi connectivity index (χ2n) is 3.82. The second kappa shape index (κ2) is 4.11. The van der Waals surface area contributed by atoms with Crippen molar-refractivity contribution in [3.8, 4) is 0 Å². The van der Waals surface area contributed by atoms with Crippen LogP contribution in [0.2, 0.25) is 0 Å². The van der Waals surface area contributed by atoms with Crippen LogP contribution < -0.4 is 0 Å². The highest BCUT2D eigenvalue weighted by molar-refractivity contribution is 5.18. The number of hydrogen-bond acceptors (Lipinski definition) is 2. The van der Waals surface area contributed by atoms with E-state index in [1.165, 1.54) is 5.56 Å². The lowest BCUT2D eigenvalue weighted by atomic mass is 10.0. The summed E-state index contributed by atoms with van der Waals surface area (Å²) in [4.78, 5) is 2.41. The largest absolute Gasteiger partial charge is 0.379 e. The van der Waals surface area contributed by atoms with Gasteiger partial charge in [-0.25, -0.2) is 0 Å². The van der Waals surface area contributed by atoms with Gasteiger partial charge in [0.2, 0.25) is 0 Å². The third-order valence-electron chi connectivity index (χ3n) is 2.97. The van der Waals surface area contributed by atoms with Crippen molar-refractivity contribution in [2.24, 2.45) is 0 Å². The lowest BCUT2D eigenvalue weighted by molar-refractivity contribution is -0.0479. The van der Waals surface area contributed by atoms with Crippen molar-refractivity contribution in [3.63, 3.8) is 0 Å². The first kappa shape index (κ1) is 9.69. The number of benzene rings is 1. The minimum atomic E-state index is 0.435. The molecule has 0 bridgehead atoms. The van der Waals surface area contributed by atoms with Crippen LogP contribution >= 0.6 is 0 Å². The first-order chi connectivity index (χ1) is 6.81. The Labute approximate surface area is 85.5 Å². The average molecular weight is 190 g/mol. The van der Waals surface area contributed by atoms with Crippen molar-refractivity contribution in [1.29, 1.82) is 0 Å². The number of hydrogen-bond donors (Lipinski definition) is 0. The zero-order valence-electron chi connectivity index (χ0n) is 8.73. The quantitative estimate of drug-likeness (QED) is 0.721. The molecule has 0 saturated carbocycles. The van der Waals surface area contributed by atoms with Crippen LogP contribution in [0.1, 0.15) is 18.5 Å². The van der Waals surface area contributed by atoms with Crippen molar-refractivity contribution >= 4 is 0 Å². The molecule has 1 heterocycles. The molecule has 2 heteroatoms. The first-order valence-corrected chi connectivity index (χ1v) is 5.04. The summed E-state index contributed by atoms with van der Waals surface area (Å²) < 4.78 is 5.25. The normalized spacial score (nSPS) is 20.4. The van der Waals surface area contributed by atoms with E-state index >= 15 is 0 Å². The van der Waals surface area contributed by atoms with E-state index in [0.29, 0.717) is 12.1 Å². The topological polar surface area (TPSA) is 12.5 Å². The van der Waals surface area contributed by atoms with Gasteiger partial charge in [-0.2, -0.15) is 0 Å². The molecule has 1 aromatic carbocycles. The number of methoxy groups -OCH3 is 1. The van der Waals surface area contributed by atoms with E-state index in [2.05, 4.69) is 30.0 Å². The molecule has 1 aliphatic rings. The molecule has 0 aromatic heterocycles. The number of likely N-dealkylation sites (tertiary alicyclic amines) is 1. The molecule has 0 aliphatic carbocycles. The molecule has 1 fully saturated rings. The van der Waals surface area contributed by atoms with Gasteiger partial charge in [-0.05, 0) is 24.6 Å². The van der Waals surface area contributed by atoms with Crippen LogP contribution in [0.3, 0.4) is 0 Å². The standard InChI is InChI=1S/C12H16NO/c1-10(11-6-4-3-5-7-11)13-8-12(9-13)14-2/h3-4,6-7,10,12H,8-9H2,1-2H3. The Hall–Kier alpha value is -0.860. The molecular weight excluding hydrogens is 174 g/mol. The Bertz CT molecular complexity index is 280. The molecule has 1 aliphatic heterocycles. The fraction of sp³-hybridized carbons (Fsp3) is 0.500. The Kier molecular flexibility index (Phi) is 2.85. The fourth-order valence-electron chi connectivity index (χ4n) is 1.81. The molecule has 14 heavy (non-hydrogen) atoms. The molecule has 1 radical (unpaired) electrons. The number of nitrogens with zero attached hydrogens (tertiary/aromatic N) is 1. The van der Waals surface area contributed by atoms with Crippen LogP contribution in [0, 0.1) is 6.07 Å². The van der Waals surface area contributed by atoms with Crippen LogP contribution in [0.25, 0.3) is 0 Å². The predicted octanol–water partition coefficient (Wildman–Crippen LogP) is 1.88. The van der Waals surface area contributed by atoms with Crippen LogP contribution in [-0.4, -0.2) is 31.2 Å². The molecule has 1 aromatic rings. The third-order valence-corrected chi connectivity index (χ3v) is 2.97. The Morgan fingerprint density at radius 2 is 2.36 bits per heavy atom. The first-order valence-electron chi connectivity index (χ1n) is 5.04. The Morgan fingerprint density at radius 3 is 2.93 bits per heavy atom. The highest BCUT2D eigenvalue weighted by Gasteiger charge is 2.30. The van der Waals surface area contributed by atoms with Crippen LogP contribution in [-0.2, 0) is 4.74 Å². The minimum absolute atomic E-state index is 0.435. The van der Waals surface area contributed by atoms with E-state index in [1.807, 2.05) is 12.1 Å². The van der Waals surface area contributed by atoms with Gasteiger partial charge in [-0.1, -0.05) is 18.2 Å². The molecule has 1 unspecified atom stereocenters. The van der Waals surface area contributed by atoms with E-state index < -0.39 is 0 Å². The Morgan fingerprint density at radius 1 is 1.57 bits per heavy atom. The average Bonchev–Trinajstić information content (AvgIpc) is 2.17. The summed E-state index contributed by atoms with van der Waals surface area (Å²) in [6.07, 6.45) is 0.435. The molecule has 0 spiro atoms. The smallest absolute Gasteiger partial charge is 0.0825 e. The predicted molar refractivity (Wildman–Crippen MR) is 56.1 cm³/mol. The monoisotopic (exact) mass is 190 g/mol. The molecule has 75 valence electrons. The number of ether oxygens (including phenoxy) is 1. The van der Waals surface area contributed by atoms with Gasteiger partial charge < -0.3 is 4.74 Å². The third kappa shape index (κ3) is 1.81. The van der Waals surface area contributed by atoms with Crippen molar-refractivity contribution in [2.45, 2.75) is 19.1 Å². The minimum Gasteiger partial charge on any atom is -0.379 e. The van der Waals surface area contributed by atoms with Crippen LogP contribution in [0.15, 0.2) is 24.3 Å². The van der Waals surface area contributed by atoms with Gasteiger partial charge in [0, 0.05) is 26.2 Å². The van der Waals surface area contributed by atoms with E-state index in [1.54, 1.807) is 7.11 Å². The van der Waals surface area contributed by atoms with Crippen molar-refractivity contribution in [2.75, 3.05) is 20.2 Å². The van der Waals surface area contributed by atoms with Crippen molar-refractivity contribution < 1.29 is 4.74 Å². The maximum Gasteiger partial charge on any atom is 0.0825 e. The van der Waals surface area contributed by atoms with Crippen LogP contribution in [0.4, 0.5) is 0 Å². The van der Waals surface area contributed by atoms with Gasteiger partial charge >= 0.3 is 0 Å². The summed E-state index contributed by atoms with van der Waals surface area (Å²) in [5, 5.41) is 0. The lowest BCUT2D eigenvalue weighted by Crippen LogP contribution is -2.52. The van der Waals surface area contributed by atoms with Crippen LogP contribution in [0.5, 0.6) is 0 Å². The molecule has 2 rings (SSSR count). The molecule has 0 N–H and O–H groups in total. The highest BCUT2D eigenvalue weighted by Crippen LogP contribution is 2.25. The highest BCUT2D eigenvalue weighted by atomic mass is 16.5. The van der Waals surface area contributed by atoms with Crippen molar-refractivity contribution in [1.82, 2.24) is 4.90 Å². The van der Waals surface area contributed by atoms with E-state index in [0.717, 1.165) is 13.1 Å². The molecule has 1 atom stereocenters. The number of rotatable bonds is 3. The SMILES string of the molecule is COC1CN(C(C)c2c[c]ccc2)C1. The van der Waals surface area contributed by atoms with Gasteiger partial charge in [0.1, 0.15) is 0 Å². The lowest BCUT2D eigenvalue weighted by Gasteiger charge is -2.42. The van der Waals surface area contributed by atoms with Gasteiger partial charge in [-0.15, -0.1) is 0 Å². The maximum absolute atomic E-state index is 5.25. The van der Waals surface area contributed by atoms with Crippen molar-refractivity contribution in [3.05, 3.63) is 35.9 Å². The fourth-order valence-corrected chi connectivity index (χ4v) is 1.81. The van der Waals surface area contributed by atoms with E-state index in [4.69, 9.17) is 4.74 Å². The summed E-state index contributed by atoms with van der Waals surface area (Å²) in [7, 11) is 1.78. The summed E-state index contributed by atoms with van der Waals surface area (Å²) >= 11 is 0. The zero-order valence-corrected chi connectivity index (χ0v) is 8.73. The van der Waals surface area contributed by atoms with E-state index in [-0.39, 0.29) is 0 Å². The molecular formula is C12H16NO. The maximum atomic E-state index is 5.25. The van der Waals surface area contributed by atoms with Gasteiger partial charge in [-0.3, -0.25) is 4.90 Å². The summed E-state index contributed by atoms with van der Waals surface area (Å²) in [5.74, 6) is 0. The molecule has 2 nitrogen and oxygen atoms in total. The molecule has 0 amide bonds. The molecule has 1 saturated heterocycles. The zero-order chi connectivity index (χ0) is 9.97. The Balaban J connectivity index is 1.94. The second-order valence-corrected chi connectivity index (χ2v) is 3.82. The van der Waals surface area contributed by atoms with E-state index in [9.17, 15) is 0 Å². The van der Waals surface area contributed by atoms with Gasteiger partial charge in [0.25, 0.3) is 0 Å². The summed E-state index contributed by atoms with van der Waals surface area (Å²) in [6.45, 7) is 4.33. The summed E-state index contributed by atoms with van der Waals surface area (Å²) in [5.41, 5.74) is 1.34. The summed E-state index contributed by atoms with van der Waals surface area (Å²) in [6, 6.07) is 11.8.